The van der Waals surface area contributed by atoms with Gasteiger partial charge in [0.25, 0.3) is 0 Å². The first-order valence-corrected chi connectivity index (χ1v) is 12.5. The highest BCUT2D eigenvalue weighted by Crippen LogP contribution is 2.37. The van der Waals surface area contributed by atoms with Crippen molar-refractivity contribution < 1.29 is 18.6 Å². The standard InChI is InChI=1S/C28H34B2N2O4/c1-25(2)26(3,4)34-29(33-25)21-13-9-19(10-14-21)23-17-24(32-18-31-23)20-11-15-22(16-12-20)30-35-27(5,6)28(7,8)36-30/h9-18H,1-8H3. The molecule has 3 heterocycles. The van der Waals surface area contributed by atoms with E-state index in [2.05, 4.69) is 65.4 Å². The Labute approximate surface area is 215 Å². The quantitative estimate of drug-likeness (QED) is 0.512. The van der Waals surface area contributed by atoms with E-state index in [4.69, 9.17) is 18.6 Å². The van der Waals surface area contributed by atoms with Crippen LogP contribution in [0.3, 0.4) is 0 Å². The summed E-state index contributed by atoms with van der Waals surface area (Å²) < 4.78 is 24.7. The molecule has 0 amide bonds. The topological polar surface area (TPSA) is 62.7 Å². The minimum atomic E-state index is -0.382. The summed E-state index contributed by atoms with van der Waals surface area (Å²) in [5, 5.41) is 0. The van der Waals surface area contributed by atoms with Crippen LogP contribution in [0.4, 0.5) is 0 Å². The molecule has 0 spiro atoms. The van der Waals surface area contributed by atoms with Gasteiger partial charge >= 0.3 is 14.2 Å². The minimum absolute atomic E-state index is 0.365. The van der Waals surface area contributed by atoms with E-state index in [0.29, 0.717) is 0 Å². The maximum atomic E-state index is 6.18. The fourth-order valence-corrected chi connectivity index (χ4v) is 4.25. The Balaban J connectivity index is 1.33. The van der Waals surface area contributed by atoms with Gasteiger partial charge in [-0.15, -0.1) is 0 Å². The molecule has 0 aliphatic carbocycles. The largest absolute Gasteiger partial charge is 0.494 e. The predicted octanol–water partition coefficient (Wildman–Crippen LogP) is 4.41. The number of nitrogens with zero attached hydrogens (tertiary/aromatic N) is 2. The third kappa shape index (κ3) is 4.41. The van der Waals surface area contributed by atoms with E-state index < -0.39 is 0 Å². The van der Waals surface area contributed by atoms with E-state index in [-0.39, 0.29) is 36.6 Å². The number of hydrogen-bond donors (Lipinski definition) is 0. The molecule has 5 rings (SSSR count). The highest BCUT2D eigenvalue weighted by Gasteiger charge is 2.52. The maximum Gasteiger partial charge on any atom is 0.494 e. The first-order chi connectivity index (χ1) is 16.8. The Hall–Kier alpha value is -2.51. The van der Waals surface area contributed by atoms with Gasteiger partial charge in [-0.2, -0.15) is 0 Å². The molecule has 6 nitrogen and oxygen atoms in total. The van der Waals surface area contributed by atoms with Gasteiger partial charge in [-0.25, -0.2) is 9.97 Å². The van der Waals surface area contributed by atoms with Crippen LogP contribution in [0.2, 0.25) is 0 Å². The molecule has 3 aromatic rings. The molecule has 2 aliphatic rings. The molecule has 1 aromatic heterocycles. The van der Waals surface area contributed by atoms with Gasteiger partial charge in [0, 0.05) is 11.1 Å². The highest BCUT2D eigenvalue weighted by molar-refractivity contribution is 6.62. The molecule has 0 radical (unpaired) electrons. The molecule has 8 heteroatoms. The third-order valence-corrected chi connectivity index (χ3v) is 8.13. The van der Waals surface area contributed by atoms with Crippen molar-refractivity contribution in [3.63, 3.8) is 0 Å². The Morgan fingerprint density at radius 1 is 0.500 bits per heavy atom. The van der Waals surface area contributed by atoms with Gasteiger partial charge in [0.15, 0.2) is 0 Å². The third-order valence-electron chi connectivity index (χ3n) is 8.13. The summed E-state index contributed by atoms with van der Waals surface area (Å²) >= 11 is 0. The molecule has 36 heavy (non-hydrogen) atoms. The number of benzene rings is 2. The van der Waals surface area contributed by atoms with E-state index in [1.807, 2.05) is 54.6 Å². The lowest BCUT2D eigenvalue weighted by molar-refractivity contribution is 0.00578. The lowest BCUT2D eigenvalue weighted by Gasteiger charge is -2.32. The van der Waals surface area contributed by atoms with Crippen molar-refractivity contribution in [2.24, 2.45) is 0 Å². The van der Waals surface area contributed by atoms with E-state index in [0.717, 1.165) is 33.4 Å². The van der Waals surface area contributed by atoms with Crippen LogP contribution in [0.1, 0.15) is 55.4 Å². The number of rotatable bonds is 4. The molecule has 0 unspecified atom stereocenters. The summed E-state index contributed by atoms with van der Waals surface area (Å²) in [6.45, 7) is 16.5. The predicted molar refractivity (Wildman–Crippen MR) is 144 cm³/mol. The van der Waals surface area contributed by atoms with Gasteiger partial charge in [-0.05, 0) is 72.4 Å². The molecule has 0 bridgehead atoms. The first kappa shape index (κ1) is 25.2. The van der Waals surface area contributed by atoms with Gasteiger partial charge in [-0.3, -0.25) is 0 Å². The summed E-state index contributed by atoms with van der Waals surface area (Å²) in [6.07, 6.45) is 1.61. The smallest absolute Gasteiger partial charge is 0.399 e. The molecule has 0 atom stereocenters. The second-order valence-electron chi connectivity index (χ2n) is 11.7. The van der Waals surface area contributed by atoms with E-state index in [1.54, 1.807) is 6.33 Å². The average Bonchev–Trinajstić information content (AvgIpc) is 3.19. The fraction of sp³-hybridized carbons (Fsp3) is 0.429. The second-order valence-corrected chi connectivity index (χ2v) is 11.7. The number of aromatic nitrogens is 2. The van der Waals surface area contributed by atoms with Gasteiger partial charge in [0.05, 0.1) is 33.8 Å². The summed E-state index contributed by atoms with van der Waals surface area (Å²) in [4.78, 5) is 9.01. The zero-order valence-corrected chi connectivity index (χ0v) is 22.5. The Bertz CT molecular complexity index is 1130. The van der Waals surface area contributed by atoms with Gasteiger partial charge in [0.2, 0.25) is 0 Å². The van der Waals surface area contributed by atoms with Crippen molar-refractivity contribution in [2.75, 3.05) is 0 Å². The van der Waals surface area contributed by atoms with Crippen LogP contribution in [0.15, 0.2) is 60.9 Å². The molecule has 2 aromatic carbocycles. The van der Waals surface area contributed by atoms with Crippen molar-refractivity contribution in [3.8, 4) is 22.5 Å². The summed E-state index contributed by atoms with van der Waals surface area (Å²) in [7, 11) is -0.764. The molecule has 2 saturated heterocycles. The van der Waals surface area contributed by atoms with E-state index in [1.165, 1.54) is 0 Å². The van der Waals surface area contributed by atoms with Gasteiger partial charge in [0.1, 0.15) is 6.33 Å². The Morgan fingerprint density at radius 3 is 1.11 bits per heavy atom. The van der Waals surface area contributed by atoms with Crippen molar-refractivity contribution in [1.29, 1.82) is 0 Å². The van der Waals surface area contributed by atoms with Crippen LogP contribution in [-0.4, -0.2) is 46.6 Å². The van der Waals surface area contributed by atoms with Crippen molar-refractivity contribution in [2.45, 2.75) is 77.8 Å². The van der Waals surface area contributed by atoms with Crippen molar-refractivity contribution in [1.82, 2.24) is 9.97 Å². The van der Waals surface area contributed by atoms with Crippen LogP contribution in [-0.2, 0) is 18.6 Å². The zero-order chi connectivity index (χ0) is 25.9. The van der Waals surface area contributed by atoms with E-state index in [9.17, 15) is 0 Å². The van der Waals surface area contributed by atoms with Crippen molar-refractivity contribution in [3.05, 3.63) is 60.9 Å². The lowest BCUT2D eigenvalue weighted by Crippen LogP contribution is -2.41. The van der Waals surface area contributed by atoms with Crippen LogP contribution < -0.4 is 10.9 Å². The lowest BCUT2D eigenvalue weighted by atomic mass is 9.78. The molecule has 0 saturated carbocycles. The molecular formula is C28H34B2N2O4. The van der Waals surface area contributed by atoms with Crippen LogP contribution >= 0.6 is 0 Å². The van der Waals surface area contributed by atoms with Crippen LogP contribution in [0.25, 0.3) is 22.5 Å². The van der Waals surface area contributed by atoms with Crippen LogP contribution in [0, 0.1) is 0 Å². The monoisotopic (exact) mass is 484 g/mol. The zero-order valence-electron chi connectivity index (χ0n) is 22.5. The molecule has 2 fully saturated rings. The minimum Gasteiger partial charge on any atom is -0.399 e. The SMILES string of the molecule is CC1(C)OB(c2ccc(-c3cc(-c4ccc(B5OC(C)(C)C(C)(C)O5)cc4)ncn3)cc2)OC1(C)C. The normalized spacial score (nSPS) is 21.7. The van der Waals surface area contributed by atoms with E-state index >= 15 is 0 Å². The second kappa shape index (κ2) is 8.52. The maximum absolute atomic E-state index is 6.18. The van der Waals surface area contributed by atoms with Crippen LogP contribution in [0.5, 0.6) is 0 Å². The first-order valence-electron chi connectivity index (χ1n) is 12.5. The molecule has 0 N–H and O–H groups in total. The molecule has 186 valence electrons. The number of hydrogen-bond acceptors (Lipinski definition) is 6. The van der Waals surface area contributed by atoms with Gasteiger partial charge in [-0.1, -0.05) is 48.5 Å². The molecular weight excluding hydrogens is 450 g/mol. The summed E-state index contributed by atoms with van der Waals surface area (Å²) in [5.74, 6) is 0. The Morgan fingerprint density at radius 2 is 0.806 bits per heavy atom. The summed E-state index contributed by atoms with van der Waals surface area (Å²) in [5.41, 5.74) is 4.25. The van der Waals surface area contributed by atoms with Gasteiger partial charge < -0.3 is 18.6 Å². The highest BCUT2D eigenvalue weighted by atomic mass is 16.7. The molecule has 2 aliphatic heterocycles. The fourth-order valence-electron chi connectivity index (χ4n) is 4.25. The average molecular weight is 484 g/mol. The van der Waals surface area contributed by atoms with Crippen molar-refractivity contribution >= 4 is 25.2 Å². The summed E-state index contributed by atoms with van der Waals surface area (Å²) in [6, 6.07) is 18.4. The Kier molecular flexibility index (Phi) is 5.95.